The van der Waals surface area contributed by atoms with Gasteiger partial charge in [-0.15, -0.1) is 0 Å². The van der Waals surface area contributed by atoms with Crippen LogP contribution < -0.4 is 20.5 Å². The number of fused-ring (bicyclic) bond motifs is 2. The zero-order valence-electron chi connectivity index (χ0n) is 15.4. The Kier molecular flexibility index (Phi) is 4.65. The van der Waals surface area contributed by atoms with Crippen LogP contribution in [0.1, 0.15) is 24.0 Å². The van der Waals surface area contributed by atoms with Crippen LogP contribution in [0.4, 0.5) is 17.2 Å². The molecular weight excluding hydrogens is 396 g/mol. The molecule has 2 aliphatic rings. The second-order valence-electron chi connectivity index (χ2n) is 7.21. The Morgan fingerprint density at radius 2 is 2.00 bits per heavy atom. The van der Waals surface area contributed by atoms with E-state index in [1.165, 1.54) is 5.56 Å². The number of nitrogens with zero attached hydrogens (tertiary/aromatic N) is 2. The van der Waals surface area contributed by atoms with Crippen molar-refractivity contribution in [2.45, 2.75) is 25.2 Å². The van der Waals surface area contributed by atoms with Gasteiger partial charge in [-0.2, -0.15) is 0 Å². The van der Waals surface area contributed by atoms with Crippen molar-refractivity contribution in [3.63, 3.8) is 0 Å². The molecular formula is C21H20FeN4O2. The van der Waals surface area contributed by atoms with E-state index in [1.54, 1.807) is 24.5 Å². The third-order valence-electron chi connectivity index (χ3n) is 5.25. The number of anilines is 3. The molecule has 1 aromatic carbocycles. The molecule has 5 rings (SSSR count). The molecule has 3 heterocycles. The second kappa shape index (κ2) is 7.00. The van der Waals surface area contributed by atoms with Crippen LogP contribution >= 0.6 is 0 Å². The van der Waals surface area contributed by atoms with Crippen LogP contribution in [0.3, 0.4) is 0 Å². The van der Waals surface area contributed by atoms with Gasteiger partial charge in [-0.25, -0.2) is 9.97 Å². The third kappa shape index (κ3) is 3.17. The number of rotatable bonds is 4. The molecule has 0 bridgehead atoms. The fourth-order valence-electron chi connectivity index (χ4n) is 3.56. The fraction of sp³-hybridized carbons (Fsp3) is 0.238. The molecule has 2 aromatic heterocycles. The SMILES string of the molecule is Cc1ccc(Oc2ccc(Nc3ncccc3N)cn2)c2c1OCC21CC1.[Fe]. The summed E-state index contributed by atoms with van der Waals surface area (Å²) < 4.78 is 12.1. The monoisotopic (exact) mass is 416 g/mol. The van der Waals surface area contributed by atoms with Crippen LogP contribution in [0.15, 0.2) is 48.8 Å². The van der Waals surface area contributed by atoms with Crippen molar-refractivity contribution in [3.8, 4) is 17.4 Å². The summed E-state index contributed by atoms with van der Waals surface area (Å²) in [6.45, 7) is 2.83. The molecule has 0 atom stereocenters. The van der Waals surface area contributed by atoms with Gasteiger partial charge in [0.25, 0.3) is 0 Å². The average molecular weight is 416 g/mol. The van der Waals surface area contributed by atoms with E-state index in [0.29, 0.717) is 17.4 Å². The number of hydrogen-bond acceptors (Lipinski definition) is 6. The van der Waals surface area contributed by atoms with Gasteiger partial charge in [-0.05, 0) is 49.6 Å². The Balaban J connectivity index is 0.00000192. The summed E-state index contributed by atoms with van der Waals surface area (Å²) in [6, 6.07) is 11.4. The average Bonchev–Trinajstić information content (AvgIpc) is 3.35. The summed E-state index contributed by atoms with van der Waals surface area (Å²) in [6.07, 6.45) is 5.71. The molecule has 1 fully saturated rings. The van der Waals surface area contributed by atoms with E-state index >= 15 is 0 Å². The van der Waals surface area contributed by atoms with Gasteiger partial charge in [0, 0.05) is 40.3 Å². The van der Waals surface area contributed by atoms with Gasteiger partial charge in [0.05, 0.1) is 24.2 Å². The van der Waals surface area contributed by atoms with Crippen LogP contribution in [0.5, 0.6) is 17.4 Å². The molecule has 1 spiro atoms. The van der Waals surface area contributed by atoms with E-state index in [4.69, 9.17) is 15.2 Å². The van der Waals surface area contributed by atoms with Crippen molar-refractivity contribution < 1.29 is 26.5 Å². The smallest absolute Gasteiger partial charge is 0.219 e. The number of ether oxygens (including phenoxy) is 2. The summed E-state index contributed by atoms with van der Waals surface area (Å²) in [5.41, 5.74) is 9.80. The Bertz CT molecular complexity index is 1020. The summed E-state index contributed by atoms with van der Waals surface area (Å²) >= 11 is 0. The first-order valence-corrected chi connectivity index (χ1v) is 9.03. The molecule has 0 radical (unpaired) electrons. The molecule has 1 saturated carbocycles. The minimum Gasteiger partial charge on any atom is -0.492 e. The maximum absolute atomic E-state index is 6.12. The van der Waals surface area contributed by atoms with Gasteiger partial charge in [0.15, 0.2) is 5.82 Å². The van der Waals surface area contributed by atoms with E-state index in [1.807, 2.05) is 24.3 Å². The Labute approximate surface area is 174 Å². The maximum atomic E-state index is 6.12. The number of nitrogens with one attached hydrogen (secondary N) is 1. The van der Waals surface area contributed by atoms with Gasteiger partial charge in [0.1, 0.15) is 11.5 Å². The molecule has 1 aliphatic heterocycles. The Morgan fingerprint density at radius 3 is 2.71 bits per heavy atom. The van der Waals surface area contributed by atoms with Crippen molar-refractivity contribution in [1.82, 2.24) is 9.97 Å². The maximum Gasteiger partial charge on any atom is 0.219 e. The predicted molar refractivity (Wildman–Crippen MR) is 104 cm³/mol. The zero-order chi connectivity index (χ0) is 18.4. The number of hydrogen-bond donors (Lipinski definition) is 2. The molecule has 0 saturated heterocycles. The molecule has 7 heteroatoms. The van der Waals surface area contributed by atoms with E-state index in [2.05, 4.69) is 22.2 Å². The Hall–Kier alpha value is -2.76. The molecule has 144 valence electrons. The predicted octanol–water partition coefficient (Wildman–Crippen LogP) is 4.32. The first-order valence-electron chi connectivity index (χ1n) is 9.03. The fourth-order valence-corrected chi connectivity index (χ4v) is 3.56. The van der Waals surface area contributed by atoms with E-state index in [-0.39, 0.29) is 22.5 Å². The van der Waals surface area contributed by atoms with Crippen LogP contribution in [-0.2, 0) is 22.5 Å². The van der Waals surface area contributed by atoms with Gasteiger partial charge in [0.2, 0.25) is 5.88 Å². The first kappa shape index (κ1) is 18.6. The van der Waals surface area contributed by atoms with Crippen LogP contribution in [0.2, 0.25) is 0 Å². The van der Waals surface area contributed by atoms with E-state index in [9.17, 15) is 0 Å². The third-order valence-corrected chi connectivity index (χ3v) is 5.25. The van der Waals surface area contributed by atoms with Gasteiger partial charge in [-0.3, -0.25) is 0 Å². The summed E-state index contributed by atoms with van der Waals surface area (Å²) in [4.78, 5) is 8.65. The number of pyridine rings is 2. The van der Waals surface area contributed by atoms with Crippen molar-refractivity contribution in [3.05, 3.63) is 59.9 Å². The number of aryl methyl sites for hydroxylation is 1. The summed E-state index contributed by atoms with van der Waals surface area (Å²) in [7, 11) is 0. The summed E-state index contributed by atoms with van der Waals surface area (Å²) in [5.74, 6) is 2.97. The topological polar surface area (TPSA) is 82.3 Å². The van der Waals surface area contributed by atoms with Crippen molar-refractivity contribution in [2.75, 3.05) is 17.7 Å². The Morgan fingerprint density at radius 1 is 1.14 bits per heavy atom. The van der Waals surface area contributed by atoms with Crippen molar-refractivity contribution in [2.24, 2.45) is 0 Å². The molecule has 28 heavy (non-hydrogen) atoms. The quantitative estimate of drug-likeness (QED) is 0.617. The standard InChI is InChI=1S/C21H20N4O2.Fe/c1-13-4-6-16(18-19(13)26-12-21(18)8-9-21)27-17-7-5-14(11-24-17)25-20-15(22)3-2-10-23-20;/h2-7,10-11H,8-9,12,22H2,1H3,(H,23,25);. The van der Waals surface area contributed by atoms with Crippen molar-refractivity contribution >= 4 is 17.2 Å². The normalized spacial score (nSPS) is 15.3. The van der Waals surface area contributed by atoms with E-state index in [0.717, 1.165) is 42.2 Å². The molecule has 1 aliphatic carbocycles. The molecule has 0 unspecified atom stereocenters. The molecule has 3 N–H and O–H groups in total. The van der Waals surface area contributed by atoms with Crippen LogP contribution in [0, 0.1) is 6.92 Å². The first-order chi connectivity index (χ1) is 13.1. The number of nitrogen functional groups attached to an aromatic ring is 1. The zero-order valence-corrected chi connectivity index (χ0v) is 16.5. The molecule has 3 aromatic rings. The van der Waals surface area contributed by atoms with Crippen LogP contribution in [-0.4, -0.2) is 16.6 Å². The molecule has 0 amide bonds. The largest absolute Gasteiger partial charge is 0.492 e. The number of benzene rings is 1. The number of nitrogens with two attached hydrogens (primary N) is 1. The van der Waals surface area contributed by atoms with Gasteiger partial charge in [-0.1, -0.05) is 6.07 Å². The minimum absolute atomic E-state index is 0. The van der Waals surface area contributed by atoms with Gasteiger partial charge < -0.3 is 20.5 Å². The van der Waals surface area contributed by atoms with Crippen LogP contribution in [0.25, 0.3) is 0 Å². The van der Waals surface area contributed by atoms with Crippen molar-refractivity contribution in [1.29, 1.82) is 0 Å². The molecule has 6 nitrogen and oxygen atoms in total. The summed E-state index contributed by atoms with van der Waals surface area (Å²) in [5, 5.41) is 3.16. The van der Waals surface area contributed by atoms with E-state index < -0.39 is 0 Å². The minimum atomic E-state index is 0. The van der Waals surface area contributed by atoms with Gasteiger partial charge >= 0.3 is 0 Å². The second-order valence-corrected chi connectivity index (χ2v) is 7.21. The number of aromatic nitrogens is 2.